The SMILES string of the molecule is N#CC[C@@H](N)c1ncc(I)cc1O. The third kappa shape index (κ3) is 2.54. The average Bonchev–Trinajstić information content (AvgIpc) is 2.04. The number of nitrogens with zero attached hydrogens (tertiary/aromatic N) is 2. The molecule has 0 aliphatic rings. The molecule has 1 aromatic rings. The summed E-state index contributed by atoms with van der Waals surface area (Å²) in [5, 5.41) is 17.8. The molecule has 0 aliphatic heterocycles. The lowest BCUT2D eigenvalue weighted by molar-refractivity contribution is 0.456. The molecule has 4 nitrogen and oxygen atoms in total. The Hall–Kier alpha value is -0.870. The van der Waals surface area contributed by atoms with Gasteiger partial charge in [-0.3, -0.25) is 4.98 Å². The molecule has 0 fully saturated rings. The second kappa shape index (κ2) is 4.39. The van der Waals surface area contributed by atoms with Gasteiger partial charge in [0, 0.05) is 9.77 Å². The van der Waals surface area contributed by atoms with Crippen molar-refractivity contribution in [3.05, 3.63) is 21.5 Å². The molecule has 0 aliphatic carbocycles. The normalized spacial score (nSPS) is 12.1. The third-order valence-corrected chi connectivity index (χ3v) is 2.12. The summed E-state index contributed by atoms with van der Waals surface area (Å²) >= 11 is 2.04. The maximum Gasteiger partial charge on any atom is 0.139 e. The van der Waals surface area contributed by atoms with Crippen molar-refractivity contribution in [2.24, 2.45) is 5.73 Å². The molecular formula is C8H8IN3O. The minimum Gasteiger partial charge on any atom is -0.506 e. The molecular weight excluding hydrogens is 281 g/mol. The van der Waals surface area contributed by atoms with Gasteiger partial charge in [0.25, 0.3) is 0 Å². The van der Waals surface area contributed by atoms with Crippen LogP contribution in [-0.2, 0) is 0 Å². The second-order valence-electron chi connectivity index (χ2n) is 2.53. The predicted octanol–water partition coefficient (Wildman–Crippen LogP) is 1.31. The molecule has 0 saturated heterocycles. The summed E-state index contributed by atoms with van der Waals surface area (Å²) in [4.78, 5) is 3.96. The van der Waals surface area contributed by atoms with E-state index < -0.39 is 6.04 Å². The zero-order chi connectivity index (χ0) is 9.84. The van der Waals surface area contributed by atoms with E-state index in [9.17, 15) is 5.11 Å². The fourth-order valence-corrected chi connectivity index (χ4v) is 1.35. The van der Waals surface area contributed by atoms with Crippen LogP contribution < -0.4 is 5.73 Å². The molecule has 1 atom stereocenters. The molecule has 0 radical (unpaired) electrons. The number of pyridine rings is 1. The Bertz CT molecular complexity index is 348. The highest BCUT2D eigenvalue weighted by atomic mass is 127. The summed E-state index contributed by atoms with van der Waals surface area (Å²) < 4.78 is 0.836. The molecule has 5 heteroatoms. The third-order valence-electron chi connectivity index (χ3n) is 1.53. The van der Waals surface area contributed by atoms with E-state index in [1.165, 1.54) is 0 Å². The maximum absolute atomic E-state index is 9.43. The van der Waals surface area contributed by atoms with E-state index in [1.807, 2.05) is 28.7 Å². The molecule has 0 bridgehead atoms. The van der Waals surface area contributed by atoms with Crippen molar-refractivity contribution in [3.8, 4) is 11.8 Å². The molecule has 3 N–H and O–H groups in total. The Kier molecular flexibility index (Phi) is 3.45. The van der Waals surface area contributed by atoms with Crippen LogP contribution in [0, 0.1) is 14.9 Å². The highest BCUT2D eigenvalue weighted by Gasteiger charge is 2.11. The van der Waals surface area contributed by atoms with Crippen molar-refractivity contribution >= 4 is 22.6 Å². The van der Waals surface area contributed by atoms with Crippen LogP contribution in [0.25, 0.3) is 0 Å². The van der Waals surface area contributed by atoms with Gasteiger partial charge >= 0.3 is 0 Å². The molecule has 13 heavy (non-hydrogen) atoms. The van der Waals surface area contributed by atoms with Crippen LogP contribution in [0.1, 0.15) is 18.2 Å². The van der Waals surface area contributed by atoms with Crippen molar-refractivity contribution in [3.63, 3.8) is 0 Å². The van der Waals surface area contributed by atoms with Crippen molar-refractivity contribution < 1.29 is 5.11 Å². The quantitative estimate of drug-likeness (QED) is 0.804. The lowest BCUT2D eigenvalue weighted by atomic mass is 10.1. The first-order valence-electron chi connectivity index (χ1n) is 3.62. The molecule has 0 unspecified atom stereocenters. The number of halogens is 1. The topological polar surface area (TPSA) is 82.9 Å². The van der Waals surface area contributed by atoms with Crippen molar-refractivity contribution in [1.82, 2.24) is 4.98 Å². The highest BCUT2D eigenvalue weighted by Crippen LogP contribution is 2.23. The Balaban J connectivity index is 2.96. The fourth-order valence-electron chi connectivity index (χ4n) is 0.920. The van der Waals surface area contributed by atoms with Crippen molar-refractivity contribution in [2.75, 3.05) is 0 Å². The summed E-state index contributed by atoms with van der Waals surface area (Å²) in [6, 6.07) is 2.99. The van der Waals surface area contributed by atoms with E-state index in [0.29, 0.717) is 5.69 Å². The van der Waals surface area contributed by atoms with Crippen LogP contribution in [0.4, 0.5) is 0 Å². The van der Waals surface area contributed by atoms with Crippen LogP contribution in [0.5, 0.6) is 5.75 Å². The largest absolute Gasteiger partial charge is 0.506 e. The van der Waals surface area contributed by atoms with Crippen molar-refractivity contribution in [2.45, 2.75) is 12.5 Å². The summed E-state index contributed by atoms with van der Waals surface area (Å²) in [6.07, 6.45) is 1.76. The van der Waals surface area contributed by atoms with Crippen LogP contribution in [0.2, 0.25) is 0 Å². The standard InChI is InChI=1S/C8H8IN3O/c9-5-3-7(13)8(12-4-5)6(11)1-2-10/h3-4,6,13H,1,11H2/t6-/m1/s1. The number of hydrogen-bond donors (Lipinski definition) is 2. The van der Waals surface area contributed by atoms with E-state index in [-0.39, 0.29) is 12.2 Å². The van der Waals surface area contributed by atoms with Crippen molar-refractivity contribution in [1.29, 1.82) is 5.26 Å². The van der Waals surface area contributed by atoms with Gasteiger partial charge in [-0.05, 0) is 28.7 Å². The monoisotopic (exact) mass is 289 g/mol. The predicted molar refractivity (Wildman–Crippen MR) is 55.8 cm³/mol. The smallest absolute Gasteiger partial charge is 0.139 e. The summed E-state index contributed by atoms with van der Waals surface area (Å²) in [5.74, 6) is 0.0506. The summed E-state index contributed by atoms with van der Waals surface area (Å²) in [6.45, 7) is 0. The first kappa shape index (κ1) is 10.2. The molecule has 0 aromatic carbocycles. The average molecular weight is 289 g/mol. The summed E-state index contributed by atoms with van der Waals surface area (Å²) in [5.41, 5.74) is 5.99. The lowest BCUT2D eigenvalue weighted by Crippen LogP contribution is -2.11. The van der Waals surface area contributed by atoms with Gasteiger partial charge in [-0.25, -0.2) is 0 Å². The van der Waals surface area contributed by atoms with Gasteiger partial charge in [0.2, 0.25) is 0 Å². The molecule has 1 aromatic heterocycles. The summed E-state index contributed by atoms with van der Waals surface area (Å²) in [7, 11) is 0. The second-order valence-corrected chi connectivity index (χ2v) is 3.77. The van der Waals surface area contributed by atoms with Gasteiger partial charge < -0.3 is 10.8 Å². The van der Waals surface area contributed by atoms with Gasteiger partial charge in [0.05, 0.1) is 24.2 Å². The van der Waals surface area contributed by atoms with E-state index in [1.54, 1.807) is 12.3 Å². The molecule has 0 saturated carbocycles. The van der Waals surface area contributed by atoms with E-state index in [4.69, 9.17) is 11.0 Å². The Labute approximate surface area is 89.5 Å². The Morgan fingerprint density at radius 3 is 3.00 bits per heavy atom. The van der Waals surface area contributed by atoms with Gasteiger partial charge in [0.15, 0.2) is 0 Å². The maximum atomic E-state index is 9.43. The van der Waals surface area contributed by atoms with Gasteiger partial charge in [-0.15, -0.1) is 0 Å². The Morgan fingerprint density at radius 2 is 2.46 bits per heavy atom. The number of aromatic hydroxyl groups is 1. The van der Waals surface area contributed by atoms with Gasteiger partial charge in [-0.2, -0.15) is 5.26 Å². The molecule has 0 amide bonds. The highest BCUT2D eigenvalue weighted by molar-refractivity contribution is 14.1. The molecule has 1 rings (SSSR count). The zero-order valence-corrected chi connectivity index (χ0v) is 8.89. The minimum atomic E-state index is -0.512. The fraction of sp³-hybridized carbons (Fsp3) is 0.250. The number of nitrogens with two attached hydrogens (primary N) is 1. The number of hydrogen-bond acceptors (Lipinski definition) is 4. The van der Waals surface area contributed by atoms with Gasteiger partial charge in [-0.1, -0.05) is 0 Å². The number of nitriles is 1. The minimum absolute atomic E-state index is 0.0506. The van der Waals surface area contributed by atoms with Crippen LogP contribution in [-0.4, -0.2) is 10.1 Å². The zero-order valence-electron chi connectivity index (χ0n) is 6.74. The van der Waals surface area contributed by atoms with Crippen LogP contribution in [0.15, 0.2) is 12.3 Å². The van der Waals surface area contributed by atoms with E-state index in [2.05, 4.69) is 4.98 Å². The first-order chi connectivity index (χ1) is 6.15. The molecule has 1 heterocycles. The molecule has 68 valence electrons. The first-order valence-corrected chi connectivity index (χ1v) is 4.70. The Morgan fingerprint density at radius 1 is 1.77 bits per heavy atom. The van der Waals surface area contributed by atoms with Gasteiger partial charge in [0.1, 0.15) is 5.75 Å². The van der Waals surface area contributed by atoms with E-state index >= 15 is 0 Å². The molecule has 0 spiro atoms. The van der Waals surface area contributed by atoms with E-state index in [0.717, 1.165) is 3.57 Å². The lowest BCUT2D eigenvalue weighted by Gasteiger charge is -2.08. The number of aromatic nitrogens is 1. The van der Waals surface area contributed by atoms with Crippen LogP contribution >= 0.6 is 22.6 Å². The van der Waals surface area contributed by atoms with Crippen LogP contribution in [0.3, 0.4) is 0 Å². The number of rotatable bonds is 2.